The summed E-state index contributed by atoms with van der Waals surface area (Å²) in [6.07, 6.45) is 4.00. The van der Waals surface area contributed by atoms with Crippen LogP contribution < -0.4 is 10.1 Å². The topological polar surface area (TPSA) is 21.3 Å². The SMILES string of the molecule is COc1ccccc1SCC1CCCCN1. The zero-order valence-electron chi connectivity index (χ0n) is 9.74. The third kappa shape index (κ3) is 3.16. The van der Waals surface area contributed by atoms with E-state index in [1.54, 1.807) is 7.11 Å². The standard InChI is InChI=1S/C13H19NOS/c1-15-12-7-2-3-8-13(12)16-10-11-6-4-5-9-14-11/h2-3,7-8,11,14H,4-6,9-10H2,1H3. The highest BCUT2D eigenvalue weighted by Crippen LogP contribution is 2.29. The van der Waals surface area contributed by atoms with Crippen LogP contribution >= 0.6 is 11.8 Å². The van der Waals surface area contributed by atoms with Crippen molar-refractivity contribution >= 4 is 11.8 Å². The molecule has 1 aliphatic rings. The number of rotatable bonds is 4. The van der Waals surface area contributed by atoms with Crippen LogP contribution in [0.3, 0.4) is 0 Å². The molecule has 0 aliphatic carbocycles. The quantitative estimate of drug-likeness (QED) is 0.814. The highest BCUT2D eigenvalue weighted by molar-refractivity contribution is 7.99. The van der Waals surface area contributed by atoms with Crippen LogP contribution in [0, 0.1) is 0 Å². The van der Waals surface area contributed by atoms with Gasteiger partial charge >= 0.3 is 0 Å². The lowest BCUT2D eigenvalue weighted by Crippen LogP contribution is -2.35. The van der Waals surface area contributed by atoms with Crippen LogP contribution in [0.25, 0.3) is 0 Å². The number of thioether (sulfide) groups is 1. The molecule has 3 heteroatoms. The summed E-state index contributed by atoms with van der Waals surface area (Å²) in [6.45, 7) is 1.18. The van der Waals surface area contributed by atoms with Crippen molar-refractivity contribution in [3.8, 4) is 5.75 Å². The fourth-order valence-corrected chi connectivity index (χ4v) is 3.13. The largest absolute Gasteiger partial charge is 0.496 e. The molecule has 0 radical (unpaired) electrons. The molecule has 1 atom stereocenters. The fourth-order valence-electron chi connectivity index (χ4n) is 1.99. The summed E-state index contributed by atoms with van der Waals surface area (Å²) < 4.78 is 5.34. The molecule has 88 valence electrons. The third-order valence-corrected chi connectivity index (χ3v) is 4.14. The Balaban J connectivity index is 1.88. The number of hydrogen-bond acceptors (Lipinski definition) is 3. The van der Waals surface area contributed by atoms with E-state index in [1.165, 1.54) is 30.7 Å². The summed E-state index contributed by atoms with van der Waals surface area (Å²) in [6, 6.07) is 8.91. The minimum absolute atomic E-state index is 0.670. The van der Waals surface area contributed by atoms with Gasteiger partial charge < -0.3 is 10.1 Å². The van der Waals surface area contributed by atoms with Gasteiger partial charge in [-0.25, -0.2) is 0 Å². The van der Waals surface area contributed by atoms with Crippen molar-refractivity contribution in [3.05, 3.63) is 24.3 Å². The van der Waals surface area contributed by atoms with Gasteiger partial charge in [-0.2, -0.15) is 0 Å². The van der Waals surface area contributed by atoms with Crippen LogP contribution in [0.15, 0.2) is 29.2 Å². The Morgan fingerprint density at radius 3 is 3.00 bits per heavy atom. The normalized spacial score (nSPS) is 20.7. The van der Waals surface area contributed by atoms with Gasteiger partial charge in [0.25, 0.3) is 0 Å². The van der Waals surface area contributed by atoms with Crippen LogP contribution in [0.5, 0.6) is 5.75 Å². The zero-order chi connectivity index (χ0) is 11.2. The summed E-state index contributed by atoms with van der Waals surface area (Å²) in [7, 11) is 1.73. The highest BCUT2D eigenvalue weighted by atomic mass is 32.2. The fraction of sp³-hybridized carbons (Fsp3) is 0.538. The summed E-state index contributed by atoms with van der Waals surface area (Å²) in [5, 5.41) is 3.57. The molecule has 0 aromatic heterocycles. The molecule has 1 aliphatic heterocycles. The number of nitrogens with one attached hydrogen (secondary N) is 1. The molecule has 0 bridgehead atoms. The molecule has 1 unspecified atom stereocenters. The van der Waals surface area contributed by atoms with Gasteiger partial charge in [-0.15, -0.1) is 11.8 Å². The minimum atomic E-state index is 0.670. The first-order valence-corrected chi connectivity index (χ1v) is 6.88. The second-order valence-electron chi connectivity index (χ2n) is 4.11. The minimum Gasteiger partial charge on any atom is -0.496 e. The maximum absolute atomic E-state index is 5.34. The van der Waals surface area contributed by atoms with E-state index in [4.69, 9.17) is 4.74 Å². The molecule has 0 spiro atoms. The first-order chi connectivity index (χ1) is 7.90. The van der Waals surface area contributed by atoms with Gasteiger partial charge in [-0.1, -0.05) is 18.6 Å². The van der Waals surface area contributed by atoms with E-state index < -0.39 is 0 Å². The molecule has 1 fully saturated rings. The predicted octanol–water partition coefficient (Wildman–Crippen LogP) is 2.93. The average molecular weight is 237 g/mol. The van der Waals surface area contributed by atoms with E-state index in [9.17, 15) is 0 Å². The van der Waals surface area contributed by atoms with Crippen molar-refractivity contribution in [1.82, 2.24) is 5.32 Å². The number of benzene rings is 1. The zero-order valence-corrected chi connectivity index (χ0v) is 10.6. The van der Waals surface area contributed by atoms with Gasteiger partial charge in [-0.3, -0.25) is 0 Å². The maximum Gasteiger partial charge on any atom is 0.132 e. The van der Waals surface area contributed by atoms with Crippen LogP contribution in [-0.4, -0.2) is 25.4 Å². The lowest BCUT2D eigenvalue weighted by Gasteiger charge is -2.23. The molecule has 0 amide bonds. The Kier molecular flexibility index (Phi) is 4.55. The van der Waals surface area contributed by atoms with E-state index in [0.717, 1.165) is 11.5 Å². The van der Waals surface area contributed by atoms with Crippen molar-refractivity contribution in [2.45, 2.75) is 30.2 Å². The molecule has 1 aromatic carbocycles. The molecule has 1 saturated heterocycles. The van der Waals surface area contributed by atoms with E-state index in [2.05, 4.69) is 17.4 Å². The smallest absolute Gasteiger partial charge is 0.132 e. The van der Waals surface area contributed by atoms with Crippen LogP contribution in [-0.2, 0) is 0 Å². The van der Waals surface area contributed by atoms with Crippen molar-refractivity contribution < 1.29 is 4.74 Å². The predicted molar refractivity (Wildman–Crippen MR) is 69.4 cm³/mol. The Labute approximate surface area is 102 Å². The van der Waals surface area contributed by atoms with Gasteiger partial charge in [-0.05, 0) is 31.5 Å². The summed E-state index contributed by atoms with van der Waals surface area (Å²) >= 11 is 1.89. The van der Waals surface area contributed by atoms with Crippen LogP contribution in [0.2, 0.25) is 0 Å². The van der Waals surface area contributed by atoms with Crippen LogP contribution in [0.4, 0.5) is 0 Å². The van der Waals surface area contributed by atoms with Crippen molar-refractivity contribution in [2.75, 3.05) is 19.4 Å². The molecule has 1 aromatic rings. The molecule has 2 nitrogen and oxygen atoms in total. The molecular weight excluding hydrogens is 218 g/mol. The molecule has 2 rings (SSSR count). The van der Waals surface area contributed by atoms with Crippen molar-refractivity contribution in [1.29, 1.82) is 0 Å². The first kappa shape index (κ1) is 11.8. The van der Waals surface area contributed by atoms with Gasteiger partial charge in [0.05, 0.1) is 7.11 Å². The van der Waals surface area contributed by atoms with Gasteiger partial charge in [0.2, 0.25) is 0 Å². The van der Waals surface area contributed by atoms with E-state index >= 15 is 0 Å². The number of hydrogen-bond donors (Lipinski definition) is 1. The third-order valence-electron chi connectivity index (χ3n) is 2.92. The Morgan fingerprint density at radius 2 is 2.25 bits per heavy atom. The van der Waals surface area contributed by atoms with E-state index in [-0.39, 0.29) is 0 Å². The molecule has 0 saturated carbocycles. The Hall–Kier alpha value is -0.670. The number of ether oxygens (including phenoxy) is 1. The summed E-state index contributed by atoms with van der Waals surface area (Å²) in [5.74, 6) is 2.13. The van der Waals surface area contributed by atoms with Gasteiger partial charge in [0.1, 0.15) is 5.75 Å². The molecule has 1 heterocycles. The number of methoxy groups -OCH3 is 1. The van der Waals surface area contributed by atoms with Crippen LogP contribution in [0.1, 0.15) is 19.3 Å². The molecule has 1 N–H and O–H groups in total. The summed E-state index contributed by atoms with van der Waals surface area (Å²) in [4.78, 5) is 1.25. The van der Waals surface area contributed by atoms with E-state index in [1.807, 2.05) is 23.9 Å². The lowest BCUT2D eigenvalue weighted by molar-refractivity contribution is 0.404. The average Bonchev–Trinajstić information content (AvgIpc) is 2.38. The van der Waals surface area contributed by atoms with Gasteiger partial charge in [0.15, 0.2) is 0 Å². The highest BCUT2D eigenvalue weighted by Gasteiger charge is 2.13. The lowest BCUT2D eigenvalue weighted by atomic mass is 10.1. The summed E-state index contributed by atoms with van der Waals surface area (Å²) in [5.41, 5.74) is 0. The first-order valence-electron chi connectivity index (χ1n) is 5.89. The van der Waals surface area contributed by atoms with Crippen molar-refractivity contribution in [3.63, 3.8) is 0 Å². The van der Waals surface area contributed by atoms with Gasteiger partial charge in [0, 0.05) is 16.7 Å². The second kappa shape index (κ2) is 6.16. The molecule has 16 heavy (non-hydrogen) atoms. The van der Waals surface area contributed by atoms with E-state index in [0.29, 0.717) is 6.04 Å². The monoisotopic (exact) mass is 237 g/mol. The number of piperidine rings is 1. The maximum atomic E-state index is 5.34. The molecular formula is C13H19NOS. The second-order valence-corrected chi connectivity index (χ2v) is 5.17. The Bertz CT molecular complexity index is 323. The van der Waals surface area contributed by atoms with Crippen molar-refractivity contribution in [2.24, 2.45) is 0 Å². The number of para-hydroxylation sites is 1. The Morgan fingerprint density at radius 1 is 1.38 bits per heavy atom.